The predicted octanol–water partition coefficient (Wildman–Crippen LogP) is 6.90. The number of allylic oxidation sites excluding steroid dienone is 5. The normalized spacial score (nSPS) is 13.0. The van der Waals surface area contributed by atoms with E-state index in [0.717, 1.165) is 51.0 Å². The number of hydrogen-bond acceptors (Lipinski definition) is 4. The van der Waals surface area contributed by atoms with Gasteiger partial charge >= 0.3 is 5.97 Å². The first-order valence-corrected chi connectivity index (χ1v) is 13.5. The highest BCUT2D eigenvalue weighted by Gasteiger charge is 2.27. The van der Waals surface area contributed by atoms with Crippen LogP contribution in [0.5, 0.6) is 0 Å². The molecule has 5 heteroatoms. The number of nitrogens with zero attached hydrogens (tertiary/aromatic N) is 2. The van der Waals surface area contributed by atoms with Crippen molar-refractivity contribution in [3.05, 3.63) is 102 Å². The zero-order valence-corrected chi connectivity index (χ0v) is 24.2. The van der Waals surface area contributed by atoms with E-state index in [9.17, 15) is 4.79 Å². The van der Waals surface area contributed by atoms with Crippen LogP contribution >= 0.6 is 0 Å². The first-order chi connectivity index (χ1) is 18.6. The van der Waals surface area contributed by atoms with E-state index in [4.69, 9.17) is 4.74 Å². The highest BCUT2D eigenvalue weighted by atomic mass is 16.5. The van der Waals surface area contributed by atoms with E-state index >= 15 is 0 Å². The van der Waals surface area contributed by atoms with Crippen molar-refractivity contribution in [1.29, 1.82) is 0 Å². The van der Waals surface area contributed by atoms with Gasteiger partial charge in [-0.2, -0.15) is 0 Å². The van der Waals surface area contributed by atoms with Gasteiger partial charge in [-0.1, -0.05) is 49.4 Å². The third-order valence-electron chi connectivity index (χ3n) is 7.44. The number of benzene rings is 3. The van der Waals surface area contributed by atoms with Crippen LogP contribution in [0.25, 0.3) is 16.3 Å². The number of carbonyl (C=O) groups is 1. The maximum atomic E-state index is 12.5. The molecule has 0 saturated carbocycles. The number of fused-ring (bicyclic) bond motifs is 1. The monoisotopic (exact) mass is 522 g/mol. The van der Waals surface area contributed by atoms with Crippen molar-refractivity contribution < 1.29 is 14.1 Å². The van der Waals surface area contributed by atoms with Crippen LogP contribution in [0.15, 0.2) is 90.5 Å². The van der Waals surface area contributed by atoms with Crippen LogP contribution in [0, 0.1) is 5.41 Å². The van der Waals surface area contributed by atoms with Gasteiger partial charge in [-0.3, -0.25) is 4.79 Å². The molecule has 0 spiro atoms. The van der Waals surface area contributed by atoms with Gasteiger partial charge in [0, 0.05) is 43.0 Å². The molecule has 0 heterocycles. The van der Waals surface area contributed by atoms with Gasteiger partial charge < -0.3 is 15.0 Å². The van der Waals surface area contributed by atoms with E-state index in [1.165, 1.54) is 5.57 Å². The van der Waals surface area contributed by atoms with E-state index in [2.05, 4.69) is 122 Å². The maximum absolute atomic E-state index is 12.5. The molecule has 0 fully saturated rings. The smallest absolute Gasteiger partial charge is 0.313 e. The summed E-state index contributed by atoms with van der Waals surface area (Å²) in [5.41, 5.74) is 7.38. The lowest BCUT2D eigenvalue weighted by Gasteiger charge is -2.21. The molecule has 0 atom stereocenters. The third kappa shape index (κ3) is 6.14. The van der Waals surface area contributed by atoms with Crippen molar-refractivity contribution in [3.8, 4) is 0 Å². The molecule has 1 aliphatic rings. The fourth-order valence-corrected chi connectivity index (χ4v) is 4.52. The van der Waals surface area contributed by atoms with Crippen molar-refractivity contribution in [2.75, 3.05) is 45.1 Å². The summed E-state index contributed by atoms with van der Waals surface area (Å²) in [5.74, 6) is -0.198. The standard InChI is InChI=1S/C34H39N3O2/c1-8-34(2,3)33(38)39-23-35-31-22-21-30(28-11-9-10-12-29(28)31)32(24-13-17-26(18-14-24)36(4)5)25-15-19-27(20-16-25)37(6)7/h9-22H,8,23H2,1-7H3/p+1. The summed E-state index contributed by atoms with van der Waals surface area (Å²) in [6.45, 7) is 5.94. The average molecular weight is 523 g/mol. The summed E-state index contributed by atoms with van der Waals surface area (Å²) < 4.78 is 7.68. The highest BCUT2D eigenvalue weighted by molar-refractivity contribution is 6.07. The number of hydrogen-bond donors (Lipinski definition) is 1. The fourth-order valence-electron chi connectivity index (χ4n) is 4.52. The fraction of sp³-hybridized carbons (Fsp3) is 0.294. The van der Waals surface area contributed by atoms with Gasteiger partial charge in [-0.15, -0.1) is 0 Å². The predicted molar refractivity (Wildman–Crippen MR) is 165 cm³/mol. The number of ether oxygens (including phenoxy) is 1. The third-order valence-corrected chi connectivity index (χ3v) is 7.44. The van der Waals surface area contributed by atoms with E-state index in [0.29, 0.717) is 0 Å². The minimum Gasteiger partial charge on any atom is -0.444 e. The number of esters is 1. The summed E-state index contributed by atoms with van der Waals surface area (Å²) in [4.78, 5) is 14.6. The second-order valence-electron chi connectivity index (χ2n) is 11.0. The molecule has 4 rings (SSSR count). The van der Waals surface area contributed by atoms with Crippen LogP contribution in [-0.4, -0.2) is 51.2 Å². The molecular weight excluding hydrogens is 482 g/mol. The van der Waals surface area contributed by atoms with Gasteiger partial charge in [0.2, 0.25) is 0 Å². The molecule has 0 bridgehead atoms. The minimum atomic E-state index is -0.498. The highest BCUT2D eigenvalue weighted by Crippen LogP contribution is 2.37. The molecule has 3 aromatic carbocycles. The van der Waals surface area contributed by atoms with Gasteiger partial charge in [0.05, 0.1) is 5.41 Å². The Labute approximate surface area is 232 Å². The van der Waals surface area contributed by atoms with E-state index in [1.807, 2.05) is 26.8 Å². The second-order valence-corrected chi connectivity index (χ2v) is 11.0. The summed E-state index contributed by atoms with van der Waals surface area (Å²) in [7, 11) is 8.22. The first-order valence-electron chi connectivity index (χ1n) is 13.5. The van der Waals surface area contributed by atoms with Crippen LogP contribution < -0.4 is 10.2 Å². The van der Waals surface area contributed by atoms with Crippen LogP contribution in [0.1, 0.15) is 38.3 Å². The Morgan fingerprint density at radius 2 is 1.54 bits per heavy atom. The zero-order valence-electron chi connectivity index (χ0n) is 24.2. The lowest BCUT2D eigenvalue weighted by atomic mass is 9.87. The molecule has 202 valence electrons. The van der Waals surface area contributed by atoms with Gasteiger partial charge in [0.25, 0.3) is 0 Å². The molecule has 5 nitrogen and oxygen atoms in total. The molecule has 0 aliphatic heterocycles. The number of anilines is 2. The van der Waals surface area contributed by atoms with Crippen molar-refractivity contribution >= 4 is 39.4 Å². The Bertz CT molecular complexity index is 1470. The summed E-state index contributed by atoms with van der Waals surface area (Å²) >= 11 is 0. The number of rotatable bonds is 8. The van der Waals surface area contributed by atoms with Crippen molar-refractivity contribution in [2.24, 2.45) is 5.41 Å². The number of carbonyl (C=O) groups excluding carboxylic acids is 1. The molecule has 3 aromatic rings. The molecule has 0 amide bonds. The van der Waals surface area contributed by atoms with E-state index < -0.39 is 5.41 Å². The lowest BCUT2D eigenvalue weighted by Crippen LogP contribution is -2.27. The summed E-state index contributed by atoms with van der Waals surface area (Å²) in [5, 5.41) is 5.54. The molecule has 0 radical (unpaired) electrons. The van der Waals surface area contributed by atoms with Gasteiger partial charge in [0.1, 0.15) is 14.1 Å². The maximum Gasteiger partial charge on any atom is 0.313 e. The van der Waals surface area contributed by atoms with Gasteiger partial charge in [-0.25, -0.2) is 4.58 Å². The molecule has 1 aliphatic carbocycles. The molecule has 0 unspecified atom stereocenters. The first kappa shape index (κ1) is 27.9. The van der Waals surface area contributed by atoms with Gasteiger partial charge in [0.15, 0.2) is 12.4 Å². The quantitative estimate of drug-likeness (QED) is 0.199. The van der Waals surface area contributed by atoms with Crippen LogP contribution in [0.3, 0.4) is 0 Å². The molecule has 0 saturated heterocycles. The Balaban J connectivity index is 1.79. The van der Waals surface area contributed by atoms with Crippen molar-refractivity contribution in [3.63, 3.8) is 0 Å². The number of nitrogens with one attached hydrogen (secondary N) is 1. The average Bonchev–Trinajstić information content (AvgIpc) is 2.94. The van der Waals surface area contributed by atoms with Gasteiger partial charge in [-0.05, 0) is 78.3 Å². The Kier molecular flexibility index (Phi) is 8.39. The molecular formula is C34H40N3O2+. The molecule has 39 heavy (non-hydrogen) atoms. The molecule has 1 N–H and O–H groups in total. The summed E-state index contributed by atoms with van der Waals surface area (Å²) in [6.07, 6.45) is 9.44. The lowest BCUT2D eigenvalue weighted by molar-refractivity contribution is -0.462. The van der Waals surface area contributed by atoms with Crippen LogP contribution in [0.2, 0.25) is 0 Å². The van der Waals surface area contributed by atoms with Crippen molar-refractivity contribution in [2.45, 2.75) is 27.2 Å². The molecule has 0 aromatic heterocycles. The summed E-state index contributed by atoms with van der Waals surface area (Å²) in [6, 6.07) is 21.3. The van der Waals surface area contributed by atoms with E-state index in [1.54, 1.807) is 0 Å². The van der Waals surface area contributed by atoms with Crippen molar-refractivity contribution in [1.82, 2.24) is 0 Å². The van der Waals surface area contributed by atoms with Crippen LogP contribution in [0.4, 0.5) is 11.4 Å². The Hall–Kier alpha value is -4.12. The van der Waals surface area contributed by atoms with E-state index in [-0.39, 0.29) is 12.7 Å². The largest absolute Gasteiger partial charge is 0.444 e. The minimum absolute atomic E-state index is 0.125. The SMILES string of the molecule is CCC(C)(C)C(=O)OCNc1ccc(C(=C2C=CC(=[N+](C)C)C=C2)c2ccc(N(C)C)cc2)c2ccccc12. The Morgan fingerprint density at radius 3 is 2.13 bits per heavy atom. The Morgan fingerprint density at radius 1 is 0.897 bits per heavy atom. The topological polar surface area (TPSA) is 44.6 Å². The van der Waals surface area contributed by atoms with Crippen LogP contribution in [-0.2, 0) is 9.53 Å². The second kappa shape index (κ2) is 11.7. The zero-order chi connectivity index (χ0) is 28.2.